The Morgan fingerprint density at radius 2 is 1.50 bits per heavy atom. The molecule has 0 spiro atoms. The minimum absolute atomic E-state index is 0. The summed E-state index contributed by atoms with van der Waals surface area (Å²) < 4.78 is 5.22. The topological polar surface area (TPSA) is 99.8 Å². The van der Waals surface area contributed by atoms with E-state index in [0.29, 0.717) is 30.8 Å². The average Bonchev–Trinajstić information content (AvgIpc) is 2.52. The Hall–Kier alpha value is -1.29. The summed E-state index contributed by atoms with van der Waals surface area (Å²) in [7, 11) is 1.67. The molecule has 1 radical (unpaired) electrons. The Kier molecular flexibility index (Phi) is 14.4. The number of rotatable bonds is 7. The number of nitrogens with one attached hydrogen (secondary N) is 2. The van der Waals surface area contributed by atoms with E-state index in [1.807, 2.05) is 20.8 Å². The predicted octanol–water partition coefficient (Wildman–Crippen LogP) is 1.47. The Morgan fingerprint density at radius 3 is 1.96 bits per heavy atom. The smallest absolute Gasteiger partial charge is 0.741 e. The second kappa shape index (κ2) is 13.9. The van der Waals surface area contributed by atoms with Gasteiger partial charge in [0.2, 0.25) is 0 Å². The number of carbonyl (C=O) groups is 1. The van der Waals surface area contributed by atoms with Crippen LogP contribution in [-0.2, 0) is 51.9 Å². The minimum Gasteiger partial charge on any atom is -0.741 e. The number of carbonyl (C=O) groups excluding carboxylic acids is 1. The molecule has 0 saturated heterocycles. The van der Waals surface area contributed by atoms with Crippen molar-refractivity contribution < 1.29 is 26.6 Å². The van der Waals surface area contributed by atoms with Crippen LogP contribution in [0.2, 0.25) is 0 Å². The Labute approximate surface area is 177 Å². The van der Waals surface area contributed by atoms with Gasteiger partial charge in [-0.2, -0.15) is 20.4 Å². The van der Waals surface area contributed by atoms with Crippen molar-refractivity contribution in [3.05, 3.63) is 0 Å². The van der Waals surface area contributed by atoms with Crippen molar-refractivity contribution in [2.45, 2.75) is 53.1 Å². The first-order chi connectivity index (χ1) is 11.5. The van der Waals surface area contributed by atoms with Gasteiger partial charge in [-0.05, 0) is 51.4 Å². The molecule has 0 heterocycles. The van der Waals surface area contributed by atoms with Crippen LogP contribution in [0.5, 0.6) is 0 Å². The number of hydrogen-bond donors (Lipinski definition) is 2. The van der Waals surface area contributed by atoms with Crippen LogP contribution in [0.3, 0.4) is 0 Å². The van der Waals surface area contributed by atoms with Crippen LogP contribution in [0, 0.1) is 0 Å². The molecule has 26 heavy (non-hydrogen) atoms. The molecule has 0 fully saturated rings. The molecule has 0 atom stereocenters. The molecular weight excluding hydrogens is 424 g/mol. The third-order valence-electron chi connectivity index (χ3n) is 2.57. The zero-order valence-electron chi connectivity index (χ0n) is 15.8. The van der Waals surface area contributed by atoms with E-state index >= 15 is 0 Å². The van der Waals surface area contributed by atoms with Crippen LogP contribution in [0.25, 0.3) is 0 Å². The Morgan fingerprint density at radius 1 is 1.00 bits per heavy atom. The van der Waals surface area contributed by atoms with Gasteiger partial charge in [-0.15, -0.1) is 0 Å². The Bertz CT molecular complexity index is 571. The standard InChI is InChI=1S/C15H28N6O2S2.Cu/c1-10(18-20-13(24)16-6)11(2)19-21-14(25)17-9-7-8-12(22)23-15(3,4)5;/h7-9H2,1-6H3,(H2,16,20,24)(H2,17,21,25);/q;+2/p-2/b18-10+,19-11+;. The predicted molar refractivity (Wildman–Crippen MR) is 108 cm³/mol. The largest absolute Gasteiger partial charge is 2.00 e. The second-order valence-electron chi connectivity index (χ2n) is 6.05. The molecule has 0 aliphatic rings. The number of esters is 1. The molecule has 0 aromatic carbocycles. The van der Waals surface area contributed by atoms with Gasteiger partial charge >= 0.3 is 23.0 Å². The maximum absolute atomic E-state index is 11.6. The quantitative estimate of drug-likeness (QED) is 0.116. The third-order valence-corrected chi connectivity index (χ3v) is 3.08. The molecule has 0 saturated carbocycles. The van der Waals surface area contributed by atoms with Gasteiger partial charge in [0.05, 0.1) is 11.4 Å². The first kappa shape index (κ1) is 26.9. The summed E-state index contributed by atoms with van der Waals surface area (Å²) in [6.45, 7) is 9.50. The van der Waals surface area contributed by atoms with Crippen LogP contribution >= 0.6 is 0 Å². The fourth-order valence-electron chi connectivity index (χ4n) is 1.29. The molecule has 0 amide bonds. The van der Waals surface area contributed by atoms with Gasteiger partial charge in [-0.25, -0.2) is 0 Å². The summed E-state index contributed by atoms with van der Waals surface area (Å²) in [6.07, 6.45) is 0.905. The average molecular weight is 450 g/mol. The van der Waals surface area contributed by atoms with Crippen molar-refractivity contribution in [3.8, 4) is 0 Å². The van der Waals surface area contributed by atoms with Crippen LogP contribution in [-0.4, -0.2) is 46.9 Å². The van der Waals surface area contributed by atoms with Crippen LogP contribution < -0.4 is 10.6 Å². The maximum atomic E-state index is 11.6. The van der Waals surface area contributed by atoms with E-state index in [9.17, 15) is 4.79 Å². The molecule has 0 aromatic heterocycles. The van der Waals surface area contributed by atoms with Gasteiger partial charge in [0, 0.05) is 20.0 Å². The summed E-state index contributed by atoms with van der Waals surface area (Å²) in [5.41, 5.74) is 0.680. The maximum Gasteiger partial charge on any atom is 2.00 e. The van der Waals surface area contributed by atoms with Gasteiger partial charge in [0.25, 0.3) is 0 Å². The van der Waals surface area contributed by atoms with Gasteiger partial charge in [0.15, 0.2) is 0 Å². The van der Waals surface area contributed by atoms with E-state index in [0.717, 1.165) is 0 Å². The summed E-state index contributed by atoms with van der Waals surface area (Å²) in [5, 5.41) is 21.7. The monoisotopic (exact) mass is 449 g/mol. The fraction of sp³-hybridized carbons (Fsp3) is 0.667. The summed E-state index contributed by atoms with van der Waals surface area (Å²) in [5.74, 6) is -0.235. The van der Waals surface area contributed by atoms with Crippen molar-refractivity contribution >= 4 is 53.0 Å². The Balaban J connectivity index is 0. The van der Waals surface area contributed by atoms with E-state index < -0.39 is 5.60 Å². The van der Waals surface area contributed by atoms with Gasteiger partial charge in [-0.1, -0.05) is 0 Å². The molecule has 0 aromatic rings. The van der Waals surface area contributed by atoms with Crippen molar-refractivity contribution in [1.29, 1.82) is 0 Å². The van der Waals surface area contributed by atoms with Crippen LogP contribution in [0.1, 0.15) is 47.5 Å². The van der Waals surface area contributed by atoms with Crippen LogP contribution in [0.15, 0.2) is 20.4 Å². The SMILES string of the molecule is CN/C([S-])=N/N=C(C)/C(C)=N/N=C(\[S-])NCCCC(=O)OC(C)(C)C.[Cu+2]. The van der Waals surface area contributed by atoms with E-state index in [1.165, 1.54) is 0 Å². The van der Waals surface area contributed by atoms with Gasteiger partial charge < -0.3 is 40.6 Å². The zero-order valence-corrected chi connectivity index (χ0v) is 18.4. The molecule has 0 unspecified atom stereocenters. The van der Waals surface area contributed by atoms with Crippen molar-refractivity contribution in [2.24, 2.45) is 20.4 Å². The first-order valence-electron chi connectivity index (χ1n) is 7.77. The van der Waals surface area contributed by atoms with Crippen molar-refractivity contribution in [1.82, 2.24) is 10.6 Å². The molecule has 0 rings (SSSR count). The van der Waals surface area contributed by atoms with Gasteiger partial charge in [0.1, 0.15) is 5.60 Å². The number of amidine groups is 2. The second-order valence-corrected chi connectivity index (χ2v) is 6.82. The zero-order chi connectivity index (χ0) is 19.5. The van der Waals surface area contributed by atoms with Gasteiger partial charge in [-0.3, -0.25) is 4.79 Å². The fourth-order valence-corrected chi connectivity index (χ4v) is 1.48. The minimum atomic E-state index is -0.468. The molecule has 0 aliphatic heterocycles. The first-order valence-corrected chi connectivity index (χ1v) is 8.59. The molecule has 151 valence electrons. The van der Waals surface area contributed by atoms with E-state index in [1.54, 1.807) is 20.9 Å². The van der Waals surface area contributed by atoms with Crippen molar-refractivity contribution in [3.63, 3.8) is 0 Å². The molecule has 8 nitrogen and oxygen atoms in total. The summed E-state index contributed by atoms with van der Waals surface area (Å²) in [4.78, 5) is 11.6. The number of nitrogens with zero attached hydrogens (tertiary/aromatic N) is 4. The van der Waals surface area contributed by atoms with E-state index in [-0.39, 0.29) is 33.4 Å². The van der Waals surface area contributed by atoms with E-state index in [2.05, 4.69) is 31.0 Å². The molecular formula is C15H26CuN6O2S2. The van der Waals surface area contributed by atoms with Crippen LogP contribution in [0.4, 0.5) is 0 Å². The summed E-state index contributed by atoms with van der Waals surface area (Å²) in [6, 6.07) is 0. The van der Waals surface area contributed by atoms with E-state index in [4.69, 9.17) is 30.0 Å². The number of hydrogen-bond acceptors (Lipinski definition) is 8. The normalized spacial score (nSPS) is 13.8. The third kappa shape index (κ3) is 15.0. The number of ether oxygens (including phenoxy) is 1. The molecule has 2 N–H and O–H groups in total. The summed E-state index contributed by atoms with van der Waals surface area (Å²) >= 11 is 9.92. The molecule has 0 bridgehead atoms. The molecule has 11 heteroatoms. The molecule has 0 aliphatic carbocycles. The van der Waals surface area contributed by atoms with Crippen molar-refractivity contribution in [2.75, 3.05) is 13.6 Å².